The fourth-order valence-electron chi connectivity index (χ4n) is 1.62. The lowest BCUT2D eigenvalue weighted by atomic mass is 9.90. The van der Waals surface area contributed by atoms with Crippen LogP contribution >= 0.6 is 0 Å². The molecule has 4 heteroatoms. The van der Waals surface area contributed by atoms with Crippen LogP contribution in [0.1, 0.15) is 20.3 Å². The van der Waals surface area contributed by atoms with Crippen molar-refractivity contribution >= 4 is 5.91 Å². The topological polar surface area (TPSA) is 38.8 Å². The maximum absolute atomic E-state index is 11.7. The molecule has 0 aromatic rings. The second-order valence-corrected chi connectivity index (χ2v) is 3.81. The number of rotatable bonds is 2. The van der Waals surface area contributed by atoms with E-state index in [1.54, 1.807) is 7.05 Å². The highest BCUT2D eigenvalue weighted by atomic mass is 16.7. The molecule has 0 N–H and O–H groups in total. The minimum absolute atomic E-state index is 0.00926. The van der Waals surface area contributed by atoms with Gasteiger partial charge in [-0.3, -0.25) is 9.63 Å². The van der Waals surface area contributed by atoms with Crippen molar-refractivity contribution in [3.8, 4) is 0 Å². The van der Waals surface area contributed by atoms with Gasteiger partial charge in [-0.2, -0.15) is 0 Å². The van der Waals surface area contributed by atoms with Gasteiger partial charge in [0.1, 0.15) is 0 Å². The lowest BCUT2D eigenvalue weighted by Crippen LogP contribution is -2.40. The van der Waals surface area contributed by atoms with Crippen molar-refractivity contribution < 1.29 is 14.4 Å². The number of carbonyl (C=O) groups excluding carboxylic acids is 1. The Kier molecular flexibility index (Phi) is 2.93. The van der Waals surface area contributed by atoms with Crippen LogP contribution in [0.2, 0.25) is 0 Å². The summed E-state index contributed by atoms with van der Waals surface area (Å²) in [5.41, 5.74) is -0.357. The van der Waals surface area contributed by atoms with Crippen molar-refractivity contribution in [3.63, 3.8) is 0 Å². The van der Waals surface area contributed by atoms with Gasteiger partial charge in [-0.25, -0.2) is 5.06 Å². The van der Waals surface area contributed by atoms with E-state index in [0.717, 1.165) is 6.42 Å². The van der Waals surface area contributed by atoms with E-state index in [4.69, 9.17) is 9.57 Å². The minimum Gasteiger partial charge on any atom is -0.375 e. The molecule has 0 bridgehead atoms. The van der Waals surface area contributed by atoms with Crippen molar-refractivity contribution in [2.24, 2.45) is 5.92 Å². The van der Waals surface area contributed by atoms with E-state index in [-0.39, 0.29) is 17.4 Å². The van der Waals surface area contributed by atoms with Crippen LogP contribution < -0.4 is 0 Å². The van der Waals surface area contributed by atoms with Crippen LogP contribution in [0.15, 0.2) is 0 Å². The first-order valence-corrected chi connectivity index (χ1v) is 4.44. The third-order valence-corrected chi connectivity index (χ3v) is 2.60. The quantitative estimate of drug-likeness (QED) is 0.601. The summed E-state index contributed by atoms with van der Waals surface area (Å²) in [6.45, 7) is 4.53. The van der Waals surface area contributed by atoms with Crippen molar-refractivity contribution in [3.05, 3.63) is 0 Å². The second-order valence-electron chi connectivity index (χ2n) is 3.81. The third-order valence-electron chi connectivity index (χ3n) is 2.60. The molecule has 1 atom stereocenters. The number of carbonyl (C=O) groups is 1. The van der Waals surface area contributed by atoms with Gasteiger partial charge in [-0.1, -0.05) is 0 Å². The van der Waals surface area contributed by atoms with Crippen molar-refractivity contribution in [2.45, 2.75) is 25.9 Å². The van der Waals surface area contributed by atoms with Gasteiger partial charge in [0.15, 0.2) is 0 Å². The molecular weight excluding hydrogens is 170 g/mol. The highest BCUT2D eigenvalue weighted by Crippen LogP contribution is 2.32. The first kappa shape index (κ1) is 10.5. The number of hydroxylamine groups is 2. The Bertz CT molecular complexity index is 203. The zero-order valence-corrected chi connectivity index (χ0v) is 8.66. The molecule has 1 aliphatic rings. The molecule has 0 radical (unpaired) electrons. The molecular formula is C9H17NO3. The Balaban J connectivity index is 2.66. The fraction of sp³-hybridized carbons (Fsp3) is 0.889. The summed E-state index contributed by atoms with van der Waals surface area (Å²) in [5.74, 6) is -0.0950. The van der Waals surface area contributed by atoms with Crippen LogP contribution in [0.3, 0.4) is 0 Å². The monoisotopic (exact) mass is 187 g/mol. The van der Waals surface area contributed by atoms with Crippen LogP contribution in [0.4, 0.5) is 0 Å². The van der Waals surface area contributed by atoms with Crippen LogP contribution in [0.25, 0.3) is 0 Å². The number of hydrogen-bond acceptors (Lipinski definition) is 3. The van der Waals surface area contributed by atoms with E-state index >= 15 is 0 Å². The molecule has 4 nitrogen and oxygen atoms in total. The Morgan fingerprint density at radius 1 is 1.62 bits per heavy atom. The molecule has 1 saturated heterocycles. The Labute approximate surface area is 78.8 Å². The SMILES string of the molecule is CON(C)C(=O)[C@@H]1CCOC1(C)C. The van der Waals surface area contributed by atoms with Gasteiger partial charge in [-0.05, 0) is 20.3 Å². The molecule has 0 spiro atoms. The fourth-order valence-corrected chi connectivity index (χ4v) is 1.62. The highest BCUT2D eigenvalue weighted by Gasteiger charge is 2.42. The van der Waals surface area contributed by atoms with Crippen molar-refractivity contribution in [2.75, 3.05) is 20.8 Å². The molecule has 1 rings (SSSR count). The van der Waals surface area contributed by atoms with Gasteiger partial charge in [0.25, 0.3) is 5.91 Å². The zero-order valence-electron chi connectivity index (χ0n) is 8.66. The molecule has 1 amide bonds. The standard InChI is InChI=1S/C9H17NO3/c1-9(2)7(5-6-13-9)8(11)10(3)12-4/h7H,5-6H2,1-4H3/t7-/m0/s1. The van der Waals surface area contributed by atoms with E-state index in [0.29, 0.717) is 6.61 Å². The predicted molar refractivity (Wildman–Crippen MR) is 47.9 cm³/mol. The summed E-state index contributed by atoms with van der Waals surface area (Å²) < 4.78 is 5.47. The normalized spacial score (nSPS) is 26.0. The Morgan fingerprint density at radius 2 is 2.23 bits per heavy atom. The molecule has 0 aromatic carbocycles. The van der Waals surface area contributed by atoms with Crippen LogP contribution in [0.5, 0.6) is 0 Å². The lowest BCUT2D eigenvalue weighted by molar-refractivity contribution is -0.177. The number of amides is 1. The Morgan fingerprint density at radius 3 is 2.62 bits per heavy atom. The van der Waals surface area contributed by atoms with Gasteiger partial charge in [-0.15, -0.1) is 0 Å². The molecule has 0 saturated carbocycles. The van der Waals surface area contributed by atoms with E-state index in [9.17, 15) is 4.79 Å². The molecule has 1 fully saturated rings. The predicted octanol–water partition coefficient (Wildman–Crippen LogP) is 0.821. The molecule has 1 aliphatic heterocycles. The summed E-state index contributed by atoms with van der Waals surface area (Å²) in [6.07, 6.45) is 0.777. The zero-order chi connectivity index (χ0) is 10.1. The average molecular weight is 187 g/mol. The van der Waals surface area contributed by atoms with Gasteiger partial charge in [0, 0.05) is 13.7 Å². The first-order valence-electron chi connectivity index (χ1n) is 4.44. The molecule has 0 aromatic heterocycles. The number of nitrogens with zero attached hydrogens (tertiary/aromatic N) is 1. The van der Waals surface area contributed by atoms with Crippen molar-refractivity contribution in [1.82, 2.24) is 5.06 Å². The van der Waals surface area contributed by atoms with E-state index in [1.165, 1.54) is 12.2 Å². The van der Waals surface area contributed by atoms with Gasteiger partial charge in [0.2, 0.25) is 0 Å². The van der Waals surface area contributed by atoms with Gasteiger partial charge < -0.3 is 4.74 Å². The first-order chi connectivity index (χ1) is 5.99. The third kappa shape index (κ3) is 2.00. The van der Waals surface area contributed by atoms with Crippen molar-refractivity contribution in [1.29, 1.82) is 0 Å². The summed E-state index contributed by atoms with van der Waals surface area (Å²) in [7, 11) is 3.11. The van der Waals surface area contributed by atoms with E-state index in [2.05, 4.69) is 0 Å². The Hall–Kier alpha value is -0.610. The maximum atomic E-state index is 11.7. The lowest BCUT2D eigenvalue weighted by Gasteiger charge is -2.27. The maximum Gasteiger partial charge on any atom is 0.251 e. The second kappa shape index (κ2) is 3.64. The molecule has 1 heterocycles. The molecule has 0 unspecified atom stereocenters. The smallest absolute Gasteiger partial charge is 0.251 e. The summed E-state index contributed by atoms with van der Waals surface area (Å²) in [4.78, 5) is 16.6. The van der Waals surface area contributed by atoms with Crippen LogP contribution in [-0.4, -0.2) is 37.3 Å². The molecule has 76 valence electrons. The van der Waals surface area contributed by atoms with Gasteiger partial charge in [0.05, 0.1) is 18.6 Å². The van der Waals surface area contributed by atoms with Crippen LogP contribution in [0, 0.1) is 5.92 Å². The summed E-state index contributed by atoms with van der Waals surface area (Å²) in [5, 5.41) is 1.26. The molecule has 13 heavy (non-hydrogen) atoms. The molecule has 0 aliphatic carbocycles. The summed E-state index contributed by atoms with van der Waals surface area (Å²) in [6, 6.07) is 0. The average Bonchev–Trinajstić information content (AvgIpc) is 2.42. The van der Waals surface area contributed by atoms with E-state index in [1.807, 2.05) is 13.8 Å². The number of ether oxygens (including phenoxy) is 1. The number of hydrogen-bond donors (Lipinski definition) is 0. The van der Waals surface area contributed by atoms with Gasteiger partial charge >= 0.3 is 0 Å². The van der Waals surface area contributed by atoms with E-state index < -0.39 is 0 Å². The highest BCUT2D eigenvalue weighted by molar-refractivity contribution is 5.79. The van der Waals surface area contributed by atoms with Crippen LogP contribution in [-0.2, 0) is 14.4 Å². The largest absolute Gasteiger partial charge is 0.375 e. The summed E-state index contributed by atoms with van der Waals surface area (Å²) >= 11 is 0. The minimum atomic E-state index is -0.357.